The first-order valence-electron chi connectivity index (χ1n) is 10.1. The highest BCUT2D eigenvalue weighted by molar-refractivity contribution is 4.64. The Morgan fingerprint density at radius 3 is 1.35 bits per heavy atom. The van der Waals surface area contributed by atoms with Gasteiger partial charge in [-0.2, -0.15) is 0 Å². The number of rotatable bonds is 17. The van der Waals surface area contributed by atoms with Crippen molar-refractivity contribution in [2.45, 2.75) is 96.8 Å². The maximum atomic E-state index is 3.85. The summed E-state index contributed by atoms with van der Waals surface area (Å²) in [6, 6.07) is 0. The molecule has 0 bridgehead atoms. The summed E-state index contributed by atoms with van der Waals surface area (Å²) in [6.45, 7) is 8.53. The van der Waals surface area contributed by atoms with Crippen LogP contribution in [0.25, 0.3) is 0 Å². The number of nitrogens with zero attached hydrogens (tertiary/aromatic N) is 1. The number of halogens is 1. The Bertz CT molecular complexity index is 238. The average Bonchev–Trinajstić information content (AvgIpc) is 2.47. The van der Waals surface area contributed by atoms with E-state index in [-0.39, 0.29) is 4.70 Å². The molecule has 0 aliphatic carbocycles. The zero-order chi connectivity index (χ0) is 16.5. The molecule has 0 aromatic rings. The largest absolute Gasteiger partial charge is 1.00 e. The van der Waals surface area contributed by atoms with Gasteiger partial charge in [0, 0.05) is 0 Å². The Hall–Kier alpha value is -0.370. The van der Waals surface area contributed by atoms with Gasteiger partial charge in [-0.05, 0) is 18.9 Å². The monoisotopic (exact) mass is 329 g/mol. The van der Waals surface area contributed by atoms with Crippen LogP contribution in [0.3, 0.4) is 0 Å². The summed E-state index contributed by atoms with van der Waals surface area (Å²) in [5.74, 6) is 0. The molecule has 0 unspecified atom stereocenters. The van der Waals surface area contributed by atoms with Gasteiger partial charge in [-0.15, -0.1) is 0 Å². The van der Waals surface area contributed by atoms with Gasteiger partial charge in [-0.25, -0.2) is 0 Å². The Morgan fingerprint density at radius 1 is 0.652 bits per heavy atom. The van der Waals surface area contributed by atoms with Gasteiger partial charge < -0.3 is 9.19 Å². The minimum atomic E-state index is 0. The van der Waals surface area contributed by atoms with E-state index in [1.165, 1.54) is 96.4 Å². The Labute approximate surface area is 146 Å². The number of likely N-dealkylation sites (N-methyl/N-ethyl adjacent to an activating group) is 1. The Kier molecular flexibility index (Phi) is 19.4. The topological polar surface area (TPSA) is 0 Å². The minimum Gasteiger partial charge on any atom is -1.00 e. The second-order valence-electron chi connectivity index (χ2n) is 7.73. The lowest BCUT2D eigenvalue weighted by molar-refractivity contribution is -0.884. The van der Waals surface area contributed by atoms with Crippen LogP contribution in [-0.2, 0) is 0 Å². The predicted molar refractivity (Wildman–Crippen MR) is 102 cm³/mol. The molecule has 140 valence electrons. The highest BCUT2D eigenvalue weighted by Crippen LogP contribution is 2.13. The van der Waals surface area contributed by atoms with Crippen LogP contribution in [0.1, 0.15) is 96.8 Å². The molecule has 0 aliphatic rings. The predicted octanol–water partition coefficient (Wildman–Crippen LogP) is 3.73. The van der Waals surface area contributed by atoms with Crippen LogP contribution in [0.4, 0.5) is 0 Å². The molecule has 0 radical (unpaired) electrons. The first-order chi connectivity index (χ1) is 10.6. The summed E-state index contributed by atoms with van der Waals surface area (Å²) in [6.07, 6.45) is 22.2. The molecule has 0 saturated carbocycles. The zero-order valence-corrected chi connectivity index (χ0v) is 16.4. The molecule has 23 heavy (non-hydrogen) atoms. The van der Waals surface area contributed by atoms with E-state index >= 15 is 0 Å². The van der Waals surface area contributed by atoms with Crippen LogP contribution < -0.4 is 4.70 Å². The highest BCUT2D eigenvalue weighted by atomic mass is 19.0. The molecule has 0 rings (SSSR count). The van der Waals surface area contributed by atoms with Crippen LogP contribution >= 0.6 is 0 Å². The lowest BCUT2D eigenvalue weighted by Crippen LogP contribution is -3.00. The van der Waals surface area contributed by atoms with E-state index in [4.69, 9.17) is 0 Å². The number of hydrogen-bond acceptors (Lipinski definition) is 0. The van der Waals surface area contributed by atoms with Crippen molar-refractivity contribution < 1.29 is 9.19 Å². The zero-order valence-electron chi connectivity index (χ0n) is 16.4. The van der Waals surface area contributed by atoms with Gasteiger partial charge in [-0.3, -0.25) is 0 Å². The molecule has 1 nitrogen and oxygen atoms in total. The van der Waals surface area contributed by atoms with Crippen LogP contribution in [-0.4, -0.2) is 31.7 Å². The molecule has 0 amide bonds. The van der Waals surface area contributed by atoms with Gasteiger partial charge in [-0.1, -0.05) is 90.6 Å². The maximum Gasteiger partial charge on any atom is 0.0966 e. The van der Waals surface area contributed by atoms with E-state index < -0.39 is 0 Å². The molecular formula is C21H44FN. The molecular weight excluding hydrogens is 285 g/mol. The van der Waals surface area contributed by atoms with Crippen LogP contribution in [0, 0.1) is 0 Å². The van der Waals surface area contributed by atoms with Crippen LogP contribution in [0.5, 0.6) is 0 Å². The van der Waals surface area contributed by atoms with Crippen molar-refractivity contribution in [1.82, 2.24) is 0 Å². The summed E-state index contributed by atoms with van der Waals surface area (Å²) in [5, 5.41) is 0. The molecule has 0 spiro atoms. The maximum absolute atomic E-state index is 3.85. The van der Waals surface area contributed by atoms with Gasteiger partial charge in [0.2, 0.25) is 0 Å². The lowest BCUT2D eigenvalue weighted by atomic mass is 10.0. The lowest BCUT2D eigenvalue weighted by Gasteiger charge is -2.28. The molecule has 0 saturated heterocycles. The number of unbranched alkanes of at least 4 members (excludes halogenated alkanes) is 13. The van der Waals surface area contributed by atoms with Crippen molar-refractivity contribution in [1.29, 1.82) is 0 Å². The van der Waals surface area contributed by atoms with E-state index in [1.54, 1.807) is 0 Å². The first-order valence-corrected chi connectivity index (χ1v) is 10.1. The van der Waals surface area contributed by atoms with Gasteiger partial charge in [0.25, 0.3) is 0 Å². The van der Waals surface area contributed by atoms with Crippen molar-refractivity contribution in [3.8, 4) is 0 Å². The molecule has 0 fully saturated rings. The first kappa shape index (κ1) is 24.9. The van der Waals surface area contributed by atoms with E-state index in [2.05, 4.69) is 27.6 Å². The normalized spacial score (nSPS) is 11.3. The third-order valence-electron chi connectivity index (χ3n) is 4.74. The van der Waals surface area contributed by atoms with Gasteiger partial charge in [0.1, 0.15) is 0 Å². The quantitative estimate of drug-likeness (QED) is 0.217. The number of quaternary nitrogens is 1. The Morgan fingerprint density at radius 2 is 1.00 bits per heavy atom. The van der Waals surface area contributed by atoms with Crippen molar-refractivity contribution >= 4 is 0 Å². The summed E-state index contributed by atoms with van der Waals surface area (Å²) in [4.78, 5) is 0. The molecule has 2 heteroatoms. The van der Waals surface area contributed by atoms with E-state index in [9.17, 15) is 0 Å². The fourth-order valence-electron chi connectivity index (χ4n) is 3.18. The third kappa shape index (κ3) is 19.6. The fraction of sp³-hybridized carbons (Fsp3) is 0.905. The van der Waals surface area contributed by atoms with Crippen molar-refractivity contribution in [3.63, 3.8) is 0 Å². The van der Waals surface area contributed by atoms with E-state index in [1.807, 2.05) is 6.08 Å². The van der Waals surface area contributed by atoms with Crippen LogP contribution in [0.15, 0.2) is 12.7 Å². The van der Waals surface area contributed by atoms with E-state index in [0.29, 0.717) is 0 Å². The number of hydrogen-bond donors (Lipinski definition) is 0. The van der Waals surface area contributed by atoms with Gasteiger partial charge in [0.05, 0.1) is 27.2 Å². The molecule has 0 aromatic heterocycles. The summed E-state index contributed by atoms with van der Waals surface area (Å²) < 4.78 is 1.10. The minimum absolute atomic E-state index is 0. The van der Waals surface area contributed by atoms with Crippen LogP contribution in [0.2, 0.25) is 0 Å². The van der Waals surface area contributed by atoms with E-state index in [0.717, 1.165) is 11.0 Å². The molecule has 0 aromatic carbocycles. The average molecular weight is 330 g/mol. The molecule has 0 aliphatic heterocycles. The fourth-order valence-corrected chi connectivity index (χ4v) is 3.18. The summed E-state index contributed by atoms with van der Waals surface area (Å²) in [5.41, 5.74) is 0. The third-order valence-corrected chi connectivity index (χ3v) is 4.74. The summed E-state index contributed by atoms with van der Waals surface area (Å²) >= 11 is 0. The molecule has 0 heterocycles. The van der Waals surface area contributed by atoms with Crippen molar-refractivity contribution in [2.24, 2.45) is 0 Å². The van der Waals surface area contributed by atoms with Gasteiger partial charge in [0.15, 0.2) is 0 Å². The van der Waals surface area contributed by atoms with Crippen molar-refractivity contribution in [3.05, 3.63) is 12.7 Å². The SMILES string of the molecule is C=CC[N+](C)(C)CCCCCCCCCCCCCCCC.[F-]. The smallest absolute Gasteiger partial charge is 0.0966 e. The summed E-state index contributed by atoms with van der Waals surface area (Å²) in [7, 11) is 4.62. The molecule has 0 N–H and O–H groups in total. The van der Waals surface area contributed by atoms with Crippen molar-refractivity contribution in [2.75, 3.05) is 27.2 Å². The second-order valence-corrected chi connectivity index (χ2v) is 7.73. The molecule has 0 atom stereocenters. The second kappa shape index (κ2) is 18.0. The standard InChI is InChI=1S/C21H44N.FH/c1-5-7-8-9-10-11-12-13-14-15-16-17-18-19-21-22(3,4)20-6-2;/h6H,2,5,7-21H2,1,3-4H3;1H/q+1;/p-1. The van der Waals surface area contributed by atoms with Gasteiger partial charge >= 0.3 is 0 Å². The Balaban J connectivity index is 0. The highest BCUT2D eigenvalue weighted by Gasteiger charge is 2.10.